The lowest BCUT2D eigenvalue weighted by Gasteiger charge is -2.34. The molecule has 0 saturated heterocycles. The van der Waals surface area contributed by atoms with Gasteiger partial charge in [-0.05, 0) is 18.3 Å². The van der Waals surface area contributed by atoms with Crippen LogP contribution in [-0.2, 0) is 4.79 Å². The van der Waals surface area contributed by atoms with Crippen molar-refractivity contribution in [1.82, 2.24) is 0 Å². The van der Waals surface area contributed by atoms with Gasteiger partial charge in [0.05, 0.1) is 0 Å². The Morgan fingerprint density at radius 1 is 1.54 bits per heavy atom. The van der Waals surface area contributed by atoms with Gasteiger partial charge in [-0.1, -0.05) is 13.8 Å². The van der Waals surface area contributed by atoms with Crippen LogP contribution in [0.3, 0.4) is 0 Å². The lowest BCUT2D eigenvalue weighted by molar-refractivity contribution is -0.155. The van der Waals surface area contributed by atoms with Gasteiger partial charge in [-0.3, -0.25) is 0 Å². The molecule has 1 atom stereocenters. The Morgan fingerprint density at radius 2 is 2.00 bits per heavy atom. The summed E-state index contributed by atoms with van der Waals surface area (Å²) >= 11 is 0. The van der Waals surface area contributed by atoms with E-state index in [2.05, 4.69) is 0 Å². The number of carbonyl (C=O) groups is 1. The van der Waals surface area contributed by atoms with Crippen LogP contribution in [0.5, 0.6) is 0 Å². The van der Waals surface area contributed by atoms with E-state index in [4.69, 9.17) is 10.2 Å². The Balaban J connectivity index is 2.83. The van der Waals surface area contributed by atoms with Gasteiger partial charge in [0, 0.05) is 12.0 Å². The Labute approximate surface area is 77.2 Å². The van der Waals surface area contributed by atoms with Crippen LogP contribution in [0.1, 0.15) is 26.7 Å². The predicted octanol–water partition coefficient (Wildman–Crippen LogP) is 0.231. The molecule has 4 nitrogen and oxygen atoms in total. The fourth-order valence-corrected chi connectivity index (χ4v) is 1.85. The molecule has 0 aromatic carbocycles. The van der Waals surface area contributed by atoms with E-state index in [1.165, 1.54) is 0 Å². The third-order valence-corrected chi connectivity index (χ3v) is 3.29. The normalized spacial score (nSPS) is 22.5. The summed E-state index contributed by atoms with van der Waals surface area (Å²) in [5.74, 6) is -1.20. The van der Waals surface area contributed by atoms with Gasteiger partial charge in [-0.25, -0.2) is 4.79 Å². The zero-order valence-corrected chi connectivity index (χ0v) is 7.95. The van der Waals surface area contributed by atoms with Gasteiger partial charge in [0.2, 0.25) is 0 Å². The Bertz CT molecular complexity index is 218. The average molecular weight is 188 g/mol. The molecule has 1 rings (SSSR count). The Hall–Kier alpha value is -0.610. The van der Waals surface area contributed by atoms with Crippen LogP contribution < -0.4 is 0 Å². The molecule has 0 amide bonds. The van der Waals surface area contributed by atoms with Gasteiger partial charge >= 0.3 is 5.97 Å². The lowest BCUT2D eigenvalue weighted by atomic mass is 9.73. The van der Waals surface area contributed by atoms with Crippen molar-refractivity contribution >= 4 is 5.97 Å². The third kappa shape index (κ3) is 1.44. The smallest absolute Gasteiger partial charge is 0.333 e. The highest BCUT2D eigenvalue weighted by molar-refractivity contribution is 5.74. The van der Waals surface area contributed by atoms with Gasteiger partial charge in [-0.2, -0.15) is 0 Å². The van der Waals surface area contributed by atoms with Gasteiger partial charge in [0.15, 0.2) is 6.10 Å². The summed E-state index contributed by atoms with van der Waals surface area (Å²) in [6.45, 7) is 3.47. The summed E-state index contributed by atoms with van der Waals surface area (Å²) in [6.07, 6.45) is -0.00292. The van der Waals surface area contributed by atoms with E-state index in [9.17, 15) is 9.90 Å². The summed E-state index contributed by atoms with van der Waals surface area (Å²) in [5.41, 5.74) is -1.14. The molecule has 76 valence electrons. The van der Waals surface area contributed by atoms with Crippen molar-refractivity contribution in [3.8, 4) is 0 Å². The number of carboxylic acid groups (broad SMARTS) is 1. The van der Waals surface area contributed by atoms with Crippen molar-refractivity contribution < 1.29 is 20.1 Å². The van der Waals surface area contributed by atoms with Gasteiger partial charge in [0.1, 0.15) is 0 Å². The highest BCUT2D eigenvalue weighted by Crippen LogP contribution is 2.60. The van der Waals surface area contributed by atoms with Crippen LogP contribution in [0, 0.1) is 10.8 Å². The minimum absolute atomic E-state index is 0.0999. The molecule has 1 fully saturated rings. The van der Waals surface area contributed by atoms with Crippen molar-refractivity contribution in [2.45, 2.75) is 32.8 Å². The molecule has 0 spiro atoms. The highest BCUT2D eigenvalue weighted by atomic mass is 16.4. The number of aliphatic carboxylic acids is 1. The first-order valence-corrected chi connectivity index (χ1v) is 4.39. The molecule has 0 aromatic heterocycles. The second-order valence-corrected chi connectivity index (χ2v) is 4.44. The van der Waals surface area contributed by atoms with E-state index < -0.39 is 22.9 Å². The quantitative estimate of drug-likeness (QED) is 0.590. The molecule has 0 radical (unpaired) electrons. The maximum Gasteiger partial charge on any atom is 0.333 e. The minimum Gasteiger partial charge on any atom is -0.479 e. The largest absolute Gasteiger partial charge is 0.479 e. The fourth-order valence-electron chi connectivity index (χ4n) is 1.85. The van der Waals surface area contributed by atoms with Crippen molar-refractivity contribution in [1.29, 1.82) is 0 Å². The van der Waals surface area contributed by atoms with Gasteiger partial charge in [0.25, 0.3) is 0 Å². The zero-order valence-electron chi connectivity index (χ0n) is 7.95. The van der Waals surface area contributed by atoms with E-state index in [0.29, 0.717) is 12.8 Å². The van der Waals surface area contributed by atoms with Crippen molar-refractivity contribution in [3.63, 3.8) is 0 Å². The number of aliphatic hydroxyl groups is 2. The number of aliphatic hydroxyl groups excluding tert-OH is 2. The summed E-state index contributed by atoms with van der Waals surface area (Å²) in [4.78, 5) is 10.6. The van der Waals surface area contributed by atoms with Crippen LogP contribution >= 0.6 is 0 Å². The average Bonchev–Trinajstić information content (AvgIpc) is 2.83. The number of rotatable bonds is 4. The van der Waals surface area contributed by atoms with Crippen molar-refractivity contribution in [2.24, 2.45) is 10.8 Å². The van der Waals surface area contributed by atoms with Gasteiger partial charge in [-0.15, -0.1) is 0 Å². The maximum absolute atomic E-state index is 10.6. The molecule has 1 unspecified atom stereocenters. The molecule has 0 aromatic rings. The molecule has 4 heteroatoms. The van der Waals surface area contributed by atoms with Crippen molar-refractivity contribution in [2.75, 3.05) is 6.61 Å². The lowest BCUT2D eigenvalue weighted by Crippen LogP contribution is -2.42. The monoisotopic (exact) mass is 188 g/mol. The van der Waals surface area contributed by atoms with E-state index in [1.54, 1.807) is 13.8 Å². The standard InChI is InChI=1S/C9H16O4/c1-8(2,5-10)9(3-4-9)6(11)7(12)13/h6,10-11H,3-5H2,1-2H3,(H,12,13). The van der Waals surface area contributed by atoms with E-state index in [0.717, 1.165) is 0 Å². The van der Waals surface area contributed by atoms with E-state index in [-0.39, 0.29) is 6.61 Å². The zero-order chi connectivity index (χ0) is 10.3. The molecule has 1 aliphatic carbocycles. The first kappa shape index (κ1) is 10.5. The summed E-state index contributed by atoms with van der Waals surface area (Å²) in [7, 11) is 0. The van der Waals surface area contributed by atoms with E-state index in [1.807, 2.05) is 0 Å². The summed E-state index contributed by atoms with van der Waals surface area (Å²) < 4.78 is 0. The minimum atomic E-state index is -1.35. The van der Waals surface area contributed by atoms with Crippen LogP contribution in [0.4, 0.5) is 0 Å². The number of hydrogen-bond acceptors (Lipinski definition) is 3. The Kier molecular flexibility index (Phi) is 2.38. The summed E-state index contributed by atoms with van der Waals surface area (Å²) in [5, 5.41) is 27.3. The van der Waals surface area contributed by atoms with E-state index >= 15 is 0 Å². The van der Waals surface area contributed by atoms with Crippen LogP contribution in [0.25, 0.3) is 0 Å². The molecule has 13 heavy (non-hydrogen) atoms. The van der Waals surface area contributed by atoms with Gasteiger partial charge < -0.3 is 15.3 Å². The van der Waals surface area contributed by atoms with Crippen molar-refractivity contribution in [3.05, 3.63) is 0 Å². The number of hydrogen-bond donors (Lipinski definition) is 3. The second kappa shape index (κ2) is 2.96. The summed E-state index contributed by atoms with van der Waals surface area (Å²) in [6, 6.07) is 0. The van der Waals surface area contributed by atoms with Crippen LogP contribution in [0.15, 0.2) is 0 Å². The third-order valence-electron chi connectivity index (χ3n) is 3.29. The SMILES string of the molecule is CC(C)(CO)C1(C(O)C(=O)O)CC1. The van der Waals surface area contributed by atoms with Crippen LogP contribution in [0.2, 0.25) is 0 Å². The molecule has 3 N–H and O–H groups in total. The molecule has 1 aliphatic rings. The molecule has 0 aliphatic heterocycles. The highest BCUT2D eigenvalue weighted by Gasteiger charge is 2.60. The fraction of sp³-hybridized carbons (Fsp3) is 0.889. The molecular weight excluding hydrogens is 172 g/mol. The predicted molar refractivity (Wildman–Crippen MR) is 46.2 cm³/mol. The number of carboxylic acids is 1. The molecule has 0 heterocycles. The first-order chi connectivity index (χ1) is 5.87. The molecule has 1 saturated carbocycles. The first-order valence-electron chi connectivity index (χ1n) is 4.39. The topological polar surface area (TPSA) is 77.8 Å². The molecule has 0 bridgehead atoms. The molecular formula is C9H16O4. The second-order valence-electron chi connectivity index (χ2n) is 4.44. The van der Waals surface area contributed by atoms with Crippen LogP contribution in [-0.4, -0.2) is 34.0 Å². The maximum atomic E-state index is 10.6. The Morgan fingerprint density at radius 3 is 2.23 bits per heavy atom.